The molecule has 0 saturated heterocycles. The Hall–Kier alpha value is -1.97. The Bertz CT molecular complexity index is 862. The van der Waals surface area contributed by atoms with Crippen LogP contribution in [0.3, 0.4) is 0 Å². The van der Waals surface area contributed by atoms with Gasteiger partial charge in [0.05, 0.1) is 12.0 Å². The number of carbonyl (C=O) groups is 1. The lowest BCUT2D eigenvalue weighted by molar-refractivity contribution is -0.255. The predicted molar refractivity (Wildman–Crippen MR) is 93.6 cm³/mol. The normalized spacial score (nSPS) is 24.2. The van der Waals surface area contributed by atoms with Crippen molar-refractivity contribution in [3.05, 3.63) is 75.3 Å². The summed E-state index contributed by atoms with van der Waals surface area (Å²) in [4.78, 5) is 11.2. The number of anilines is 1. The number of carboxylic acids is 1. The molecule has 0 amide bonds. The zero-order valence-electron chi connectivity index (χ0n) is 12.6. The number of benzene rings is 2. The van der Waals surface area contributed by atoms with Crippen LogP contribution in [-0.4, -0.2) is 5.97 Å². The van der Waals surface area contributed by atoms with Gasteiger partial charge in [0.1, 0.15) is 0 Å². The molecule has 5 heteroatoms. The Morgan fingerprint density at radius 3 is 2.71 bits per heavy atom. The molecule has 0 saturated carbocycles. The third kappa shape index (κ3) is 2.48. The molecular formula is C19H14Cl2NO2-. The lowest BCUT2D eigenvalue weighted by atomic mass is 9.76. The maximum absolute atomic E-state index is 11.2. The molecule has 1 heterocycles. The molecule has 4 rings (SSSR count). The van der Waals surface area contributed by atoms with Crippen LogP contribution < -0.4 is 10.4 Å². The van der Waals surface area contributed by atoms with Crippen molar-refractivity contribution in [2.24, 2.45) is 5.92 Å². The summed E-state index contributed by atoms with van der Waals surface area (Å²) in [5.41, 5.74) is 3.15. The van der Waals surface area contributed by atoms with E-state index >= 15 is 0 Å². The summed E-state index contributed by atoms with van der Waals surface area (Å²) in [6, 6.07) is 10.7. The maximum Gasteiger partial charge on any atom is 0.0715 e. The molecule has 0 radical (unpaired) electrons. The second kappa shape index (κ2) is 5.83. The van der Waals surface area contributed by atoms with Crippen LogP contribution in [0.25, 0.3) is 0 Å². The molecule has 2 aromatic rings. The molecule has 0 spiro atoms. The van der Waals surface area contributed by atoms with Crippen molar-refractivity contribution in [1.29, 1.82) is 0 Å². The van der Waals surface area contributed by atoms with Crippen LogP contribution in [0, 0.1) is 5.92 Å². The average Bonchev–Trinajstić information content (AvgIpc) is 3.04. The first-order valence-corrected chi connectivity index (χ1v) is 8.53. The molecule has 3 nitrogen and oxygen atoms in total. The molecular weight excluding hydrogens is 345 g/mol. The number of aromatic carboxylic acids is 1. The average molecular weight is 359 g/mol. The van der Waals surface area contributed by atoms with Crippen molar-refractivity contribution in [1.82, 2.24) is 0 Å². The fraction of sp³-hybridized carbons (Fsp3) is 0.211. The summed E-state index contributed by atoms with van der Waals surface area (Å²) in [5.74, 6) is -0.704. The summed E-state index contributed by atoms with van der Waals surface area (Å²) in [7, 11) is 0. The Kier molecular flexibility index (Phi) is 3.78. The lowest BCUT2D eigenvalue weighted by Gasteiger charge is -2.38. The van der Waals surface area contributed by atoms with Crippen LogP contribution in [0.15, 0.2) is 48.6 Å². The highest BCUT2D eigenvalue weighted by Gasteiger charge is 2.38. The molecule has 1 aliphatic heterocycles. The van der Waals surface area contributed by atoms with Gasteiger partial charge in [0.15, 0.2) is 0 Å². The number of carbonyl (C=O) groups excluding carboxylic acids is 1. The first kappa shape index (κ1) is 15.6. The fourth-order valence-corrected chi connectivity index (χ4v) is 4.31. The Morgan fingerprint density at radius 1 is 1.12 bits per heavy atom. The van der Waals surface area contributed by atoms with Crippen LogP contribution in [-0.2, 0) is 0 Å². The molecule has 2 aromatic carbocycles. The van der Waals surface area contributed by atoms with E-state index in [0.717, 1.165) is 23.2 Å². The SMILES string of the molecule is O=C([O-])c1ccc2c(c1)[C@@H]1C=CC[C@H]1[C@H](c1ccc(Cl)cc1Cl)N2. The summed E-state index contributed by atoms with van der Waals surface area (Å²) in [5, 5.41) is 15.9. The molecule has 0 aromatic heterocycles. The predicted octanol–water partition coefficient (Wildman–Crippen LogP) is 4.18. The highest BCUT2D eigenvalue weighted by molar-refractivity contribution is 6.35. The maximum atomic E-state index is 11.2. The van der Waals surface area contributed by atoms with Gasteiger partial charge < -0.3 is 15.2 Å². The van der Waals surface area contributed by atoms with Gasteiger partial charge in [-0.05, 0) is 53.3 Å². The van der Waals surface area contributed by atoms with Gasteiger partial charge in [-0.2, -0.15) is 0 Å². The van der Waals surface area contributed by atoms with E-state index in [9.17, 15) is 9.90 Å². The summed E-state index contributed by atoms with van der Waals surface area (Å²) < 4.78 is 0. The molecule has 0 bridgehead atoms. The number of rotatable bonds is 2. The summed E-state index contributed by atoms with van der Waals surface area (Å²) >= 11 is 12.4. The van der Waals surface area contributed by atoms with E-state index in [-0.39, 0.29) is 23.4 Å². The first-order valence-electron chi connectivity index (χ1n) is 7.78. The van der Waals surface area contributed by atoms with Gasteiger partial charge in [0.2, 0.25) is 0 Å². The highest BCUT2D eigenvalue weighted by atomic mass is 35.5. The number of carboxylic acid groups (broad SMARTS) is 1. The second-order valence-electron chi connectivity index (χ2n) is 6.23. The topological polar surface area (TPSA) is 52.2 Å². The van der Waals surface area contributed by atoms with Crippen molar-refractivity contribution >= 4 is 34.9 Å². The van der Waals surface area contributed by atoms with Gasteiger partial charge in [0.25, 0.3) is 0 Å². The van der Waals surface area contributed by atoms with Gasteiger partial charge in [-0.3, -0.25) is 0 Å². The first-order chi connectivity index (χ1) is 11.5. The van der Waals surface area contributed by atoms with Crippen LogP contribution in [0.1, 0.15) is 39.9 Å². The van der Waals surface area contributed by atoms with E-state index in [1.54, 1.807) is 24.3 Å². The Balaban J connectivity index is 1.79. The van der Waals surface area contributed by atoms with Gasteiger partial charge >= 0.3 is 0 Å². The fourth-order valence-electron chi connectivity index (χ4n) is 3.78. The molecule has 1 aliphatic carbocycles. The molecule has 122 valence electrons. The van der Waals surface area contributed by atoms with Crippen molar-refractivity contribution < 1.29 is 9.90 Å². The van der Waals surface area contributed by atoms with E-state index < -0.39 is 5.97 Å². The van der Waals surface area contributed by atoms with E-state index in [0.29, 0.717) is 10.0 Å². The Labute approximate surface area is 149 Å². The summed E-state index contributed by atoms with van der Waals surface area (Å²) in [6.07, 6.45) is 5.21. The van der Waals surface area contributed by atoms with Gasteiger partial charge in [-0.25, -0.2) is 0 Å². The van der Waals surface area contributed by atoms with Crippen molar-refractivity contribution in [2.45, 2.75) is 18.4 Å². The minimum Gasteiger partial charge on any atom is -0.545 e. The summed E-state index contributed by atoms with van der Waals surface area (Å²) in [6.45, 7) is 0. The van der Waals surface area contributed by atoms with Crippen LogP contribution in [0.2, 0.25) is 10.0 Å². The van der Waals surface area contributed by atoms with Crippen molar-refractivity contribution in [3.63, 3.8) is 0 Å². The standard InChI is InChI=1S/C19H15Cl2NO2/c20-11-5-6-14(16(21)9-11)18-13-3-1-2-12(13)15-8-10(19(23)24)4-7-17(15)22-18/h1-2,4-9,12-13,18,22H,3H2,(H,23,24)/p-1/t12-,13-,18-/m1/s1. The molecule has 24 heavy (non-hydrogen) atoms. The lowest BCUT2D eigenvalue weighted by Crippen LogP contribution is -2.30. The van der Waals surface area contributed by atoms with Crippen molar-refractivity contribution in [2.75, 3.05) is 5.32 Å². The molecule has 1 N–H and O–H groups in total. The highest BCUT2D eigenvalue weighted by Crippen LogP contribution is 2.51. The smallest absolute Gasteiger partial charge is 0.0715 e. The van der Waals surface area contributed by atoms with E-state index in [2.05, 4.69) is 17.5 Å². The zero-order chi connectivity index (χ0) is 16.8. The minimum absolute atomic E-state index is 0.0519. The number of halogens is 2. The number of hydrogen-bond acceptors (Lipinski definition) is 3. The van der Waals surface area contributed by atoms with Gasteiger partial charge in [0, 0.05) is 21.7 Å². The minimum atomic E-state index is -1.15. The third-order valence-electron chi connectivity index (χ3n) is 4.90. The number of fused-ring (bicyclic) bond motifs is 3. The van der Waals surface area contributed by atoms with E-state index in [1.165, 1.54) is 0 Å². The third-order valence-corrected chi connectivity index (χ3v) is 5.46. The second-order valence-corrected chi connectivity index (χ2v) is 7.07. The van der Waals surface area contributed by atoms with Crippen LogP contribution >= 0.6 is 23.2 Å². The van der Waals surface area contributed by atoms with Crippen LogP contribution in [0.4, 0.5) is 5.69 Å². The zero-order valence-corrected chi connectivity index (χ0v) is 14.1. The number of nitrogens with one attached hydrogen (secondary N) is 1. The quantitative estimate of drug-likeness (QED) is 0.819. The number of hydrogen-bond donors (Lipinski definition) is 1. The van der Waals surface area contributed by atoms with E-state index in [4.69, 9.17) is 23.2 Å². The number of allylic oxidation sites excluding steroid dienone is 2. The molecule has 2 aliphatic rings. The van der Waals surface area contributed by atoms with Gasteiger partial charge in [-0.15, -0.1) is 0 Å². The molecule has 0 fully saturated rings. The molecule has 3 atom stereocenters. The largest absolute Gasteiger partial charge is 0.545 e. The Morgan fingerprint density at radius 2 is 1.96 bits per heavy atom. The van der Waals surface area contributed by atoms with Crippen molar-refractivity contribution in [3.8, 4) is 0 Å². The monoisotopic (exact) mass is 358 g/mol. The molecule has 0 unspecified atom stereocenters. The van der Waals surface area contributed by atoms with Gasteiger partial charge in [-0.1, -0.05) is 47.5 Å². The van der Waals surface area contributed by atoms with E-state index in [1.807, 2.05) is 12.1 Å². The van der Waals surface area contributed by atoms with Crippen LogP contribution in [0.5, 0.6) is 0 Å².